The minimum Gasteiger partial charge on any atom is -0.298 e. The molecule has 0 fully saturated rings. The van der Waals surface area contributed by atoms with Crippen LogP contribution in [-0.4, -0.2) is 12.6 Å². The van der Waals surface area contributed by atoms with Crippen LogP contribution in [0, 0.1) is 9.39 Å². The maximum absolute atomic E-state index is 12.7. The van der Waals surface area contributed by atoms with Gasteiger partial charge >= 0.3 is 0 Å². The van der Waals surface area contributed by atoms with Crippen LogP contribution in [0.15, 0.2) is 12.1 Å². The number of rotatable bonds is 2. The molecule has 1 aromatic carbocycles. The summed E-state index contributed by atoms with van der Waals surface area (Å²) in [5, 5.41) is 0. The van der Waals surface area contributed by atoms with E-state index in [1.165, 1.54) is 6.07 Å². The van der Waals surface area contributed by atoms with Gasteiger partial charge in [-0.15, -0.1) is 0 Å². The SMILES string of the molecule is O=Cc1cc(F)cc(I)c1C=O. The fourth-order valence-corrected chi connectivity index (χ4v) is 1.56. The van der Waals surface area contributed by atoms with Gasteiger partial charge in [0.05, 0.1) is 0 Å². The van der Waals surface area contributed by atoms with Crippen LogP contribution in [0.25, 0.3) is 0 Å². The van der Waals surface area contributed by atoms with Gasteiger partial charge < -0.3 is 0 Å². The number of carbonyl (C=O) groups excluding carboxylic acids is 2. The molecule has 0 bridgehead atoms. The Kier molecular flexibility index (Phi) is 2.91. The van der Waals surface area contributed by atoms with Crippen molar-refractivity contribution >= 4 is 35.2 Å². The Hall–Kier alpha value is -0.780. The summed E-state index contributed by atoms with van der Waals surface area (Å²) >= 11 is 1.80. The number of hydrogen-bond donors (Lipinski definition) is 0. The molecule has 0 amide bonds. The predicted molar refractivity (Wildman–Crippen MR) is 49.9 cm³/mol. The summed E-state index contributed by atoms with van der Waals surface area (Å²) < 4.78 is 13.1. The molecule has 1 aromatic rings. The van der Waals surface area contributed by atoms with Crippen molar-refractivity contribution in [1.82, 2.24) is 0 Å². The zero-order chi connectivity index (χ0) is 9.14. The van der Waals surface area contributed by atoms with Crippen molar-refractivity contribution in [2.45, 2.75) is 0 Å². The third kappa shape index (κ3) is 1.69. The molecule has 4 heteroatoms. The molecule has 12 heavy (non-hydrogen) atoms. The molecule has 0 saturated heterocycles. The first-order valence-electron chi connectivity index (χ1n) is 3.08. The van der Waals surface area contributed by atoms with Crippen LogP contribution in [0.2, 0.25) is 0 Å². The van der Waals surface area contributed by atoms with Crippen molar-refractivity contribution in [2.24, 2.45) is 0 Å². The van der Waals surface area contributed by atoms with Crippen LogP contribution in [0.3, 0.4) is 0 Å². The minimum atomic E-state index is -0.507. The highest BCUT2D eigenvalue weighted by atomic mass is 127. The summed E-state index contributed by atoms with van der Waals surface area (Å²) in [7, 11) is 0. The van der Waals surface area contributed by atoms with Gasteiger partial charge in [0.15, 0.2) is 12.6 Å². The highest BCUT2D eigenvalue weighted by Gasteiger charge is 2.07. The molecule has 0 N–H and O–H groups in total. The summed E-state index contributed by atoms with van der Waals surface area (Å²) in [6, 6.07) is 2.25. The highest BCUT2D eigenvalue weighted by molar-refractivity contribution is 14.1. The lowest BCUT2D eigenvalue weighted by Crippen LogP contribution is -1.95. The van der Waals surface area contributed by atoms with E-state index in [1.807, 2.05) is 0 Å². The number of hydrogen-bond acceptors (Lipinski definition) is 2. The topological polar surface area (TPSA) is 34.1 Å². The molecule has 0 aliphatic rings. The molecule has 0 aromatic heterocycles. The Balaban J connectivity index is 3.43. The molecule has 1 rings (SSSR count). The van der Waals surface area contributed by atoms with Crippen molar-refractivity contribution in [3.63, 3.8) is 0 Å². The Labute approximate surface area is 81.9 Å². The summed E-state index contributed by atoms with van der Waals surface area (Å²) in [6.07, 6.45) is 1.01. The average molecular weight is 278 g/mol. The molecular formula is C8H4FIO2. The van der Waals surface area contributed by atoms with E-state index in [1.54, 1.807) is 22.6 Å². The van der Waals surface area contributed by atoms with Crippen LogP contribution in [0.5, 0.6) is 0 Å². The lowest BCUT2D eigenvalue weighted by Gasteiger charge is -1.99. The average Bonchev–Trinajstić information content (AvgIpc) is 2.03. The van der Waals surface area contributed by atoms with Gasteiger partial charge in [0.2, 0.25) is 0 Å². The molecule has 0 aliphatic carbocycles. The molecule has 0 spiro atoms. The van der Waals surface area contributed by atoms with Crippen molar-refractivity contribution in [2.75, 3.05) is 0 Å². The first-order chi connectivity index (χ1) is 5.69. The van der Waals surface area contributed by atoms with E-state index in [2.05, 4.69) is 0 Å². The fourth-order valence-electron chi connectivity index (χ4n) is 0.827. The van der Waals surface area contributed by atoms with E-state index >= 15 is 0 Å². The largest absolute Gasteiger partial charge is 0.298 e. The van der Waals surface area contributed by atoms with Crippen LogP contribution < -0.4 is 0 Å². The first-order valence-corrected chi connectivity index (χ1v) is 4.16. The monoisotopic (exact) mass is 278 g/mol. The van der Waals surface area contributed by atoms with Crippen LogP contribution in [0.4, 0.5) is 4.39 Å². The first kappa shape index (κ1) is 9.31. The lowest BCUT2D eigenvalue weighted by atomic mass is 10.1. The van der Waals surface area contributed by atoms with Crippen molar-refractivity contribution in [1.29, 1.82) is 0 Å². The molecular weight excluding hydrogens is 274 g/mol. The quantitative estimate of drug-likeness (QED) is 0.613. The smallest absolute Gasteiger partial charge is 0.151 e. The van der Waals surface area contributed by atoms with Gasteiger partial charge in [0.25, 0.3) is 0 Å². The Morgan fingerprint density at radius 2 is 1.92 bits per heavy atom. The van der Waals surface area contributed by atoms with Gasteiger partial charge in [-0.25, -0.2) is 4.39 Å². The van der Waals surface area contributed by atoms with Gasteiger partial charge in [-0.2, -0.15) is 0 Å². The van der Waals surface area contributed by atoms with Crippen LogP contribution >= 0.6 is 22.6 Å². The standard InChI is InChI=1S/C8H4FIO2/c9-6-1-5(3-11)7(4-12)8(10)2-6/h1-4H. The maximum atomic E-state index is 12.7. The third-order valence-electron chi connectivity index (χ3n) is 1.37. The van der Waals surface area contributed by atoms with E-state index in [9.17, 15) is 14.0 Å². The van der Waals surface area contributed by atoms with Gasteiger partial charge in [0, 0.05) is 14.7 Å². The second-order valence-electron chi connectivity index (χ2n) is 2.13. The van der Waals surface area contributed by atoms with Crippen molar-refractivity contribution < 1.29 is 14.0 Å². The van der Waals surface area contributed by atoms with E-state index < -0.39 is 5.82 Å². The van der Waals surface area contributed by atoms with E-state index in [0.29, 0.717) is 16.1 Å². The normalized spacial score (nSPS) is 9.50. The second-order valence-corrected chi connectivity index (χ2v) is 3.29. The van der Waals surface area contributed by atoms with Gasteiger partial charge in [-0.05, 0) is 34.7 Å². The highest BCUT2D eigenvalue weighted by Crippen LogP contribution is 2.15. The Morgan fingerprint density at radius 1 is 1.25 bits per heavy atom. The Morgan fingerprint density at radius 3 is 2.42 bits per heavy atom. The molecule has 2 nitrogen and oxygen atoms in total. The van der Waals surface area contributed by atoms with E-state index in [0.717, 1.165) is 6.07 Å². The maximum Gasteiger partial charge on any atom is 0.151 e. The summed E-state index contributed by atoms with van der Waals surface area (Å²) in [5.74, 6) is -0.507. The molecule has 0 heterocycles. The summed E-state index contributed by atoms with van der Waals surface area (Å²) in [4.78, 5) is 20.8. The Bertz CT molecular complexity index is 336. The minimum absolute atomic E-state index is 0.0920. The van der Waals surface area contributed by atoms with Crippen molar-refractivity contribution in [3.05, 3.63) is 32.6 Å². The van der Waals surface area contributed by atoms with Crippen molar-refractivity contribution in [3.8, 4) is 0 Å². The molecule has 62 valence electrons. The fraction of sp³-hybridized carbons (Fsp3) is 0. The van der Waals surface area contributed by atoms with E-state index in [-0.39, 0.29) is 11.1 Å². The second kappa shape index (κ2) is 3.75. The van der Waals surface area contributed by atoms with Crippen LogP contribution in [0.1, 0.15) is 20.7 Å². The third-order valence-corrected chi connectivity index (χ3v) is 2.26. The molecule has 0 aliphatic heterocycles. The predicted octanol–water partition coefficient (Wildman–Crippen LogP) is 2.06. The number of aldehydes is 2. The molecule has 0 atom stereocenters. The summed E-state index contributed by atoms with van der Waals surface area (Å²) in [6.45, 7) is 0. The number of carbonyl (C=O) groups is 2. The molecule has 0 unspecified atom stereocenters. The molecule has 0 saturated carbocycles. The zero-order valence-corrected chi connectivity index (χ0v) is 8.04. The van der Waals surface area contributed by atoms with Crippen LogP contribution in [-0.2, 0) is 0 Å². The van der Waals surface area contributed by atoms with Gasteiger partial charge in [-0.1, -0.05) is 0 Å². The summed E-state index contributed by atoms with van der Waals surface area (Å²) in [5.41, 5.74) is 0.335. The van der Waals surface area contributed by atoms with Gasteiger partial charge in [-0.3, -0.25) is 9.59 Å². The van der Waals surface area contributed by atoms with E-state index in [4.69, 9.17) is 0 Å². The zero-order valence-electron chi connectivity index (χ0n) is 5.88. The lowest BCUT2D eigenvalue weighted by molar-refractivity contribution is 0.109. The number of benzene rings is 1. The number of halogens is 2. The molecule has 0 radical (unpaired) electrons. The van der Waals surface area contributed by atoms with Gasteiger partial charge in [0.1, 0.15) is 5.82 Å².